The summed E-state index contributed by atoms with van der Waals surface area (Å²) >= 11 is 0. The Morgan fingerprint density at radius 1 is 0.808 bits per heavy atom. The Morgan fingerprint density at radius 2 is 1.31 bits per heavy atom. The Labute approximate surface area is 153 Å². The first kappa shape index (κ1) is 16.6. The molecule has 130 valence electrons. The molecule has 0 saturated heterocycles. The first-order valence-electron chi connectivity index (χ1n) is 8.98. The average Bonchev–Trinajstić information content (AvgIpc) is 3.47. The van der Waals surface area contributed by atoms with Crippen LogP contribution in [0.25, 0.3) is 22.3 Å². The molecular weight excluding hydrogens is 320 g/mol. The van der Waals surface area contributed by atoms with Gasteiger partial charge in [0.15, 0.2) is 0 Å². The van der Waals surface area contributed by atoms with E-state index in [1.807, 2.05) is 6.07 Å². The van der Waals surface area contributed by atoms with Gasteiger partial charge in [0, 0.05) is 12.0 Å². The zero-order chi connectivity index (χ0) is 17.9. The Hall–Kier alpha value is -2.91. The summed E-state index contributed by atoms with van der Waals surface area (Å²) < 4.78 is 0. The lowest BCUT2D eigenvalue weighted by molar-refractivity contribution is -0.117. The molecule has 0 spiro atoms. The van der Waals surface area contributed by atoms with Crippen molar-refractivity contribution in [1.82, 2.24) is 5.32 Å². The number of hydrogen-bond donors (Lipinski definition) is 2. The van der Waals surface area contributed by atoms with E-state index >= 15 is 0 Å². The monoisotopic (exact) mass is 342 g/mol. The third-order valence-electron chi connectivity index (χ3n) is 4.99. The molecule has 26 heavy (non-hydrogen) atoms. The molecule has 4 rings (SSSR count). The van der Waals surface area contributed by atoms with Gasteiger partial charge in [0.2, 0.25) is 5.91 Å². The van der Waals surface area contributed by atoms with Gasteiger partial charge in [-0.15, -0.1) is 0 Å². The van der Waals surface area contributed by atoms with Crippen molar-refractivity contribution >= 4 is 5.91 Å². The molecule has 2 atom stereocenters. The van der Waals surface area contributed by atoms with Crippen LogP contribution in [0.1, 0.15) is 17.9 Å². The fraction of sp³-hybridized carbons (Fsp3) is 0.174. The molecule has 3 aromatic carbocycles. The van der Waals surface area contributed by atoms with E-state index in [4.69, 9.17) is 5.73 Å². The molecule has 0 bridgehead atoms. The fourth-order valence-electron chi connectivity index (χ4n) is 3.43. The van der Waals surface area contributed by atoms with Gasteiger partial charge in [-0.25, -0.2) is 0 Å². The van der Waals surface area contributed by atoms with Crippen molar-refractivity contribution < 1.29 is 4.79 Å². The van der Waals surface area contributed by atoms with Gasteiger partial charge in [-0.1, -0.05) is 78.9 Å². The Morgan fingerprint density at radius 3 is 1.85 bits per heavy atom. The Bertz CT molecular complexity index is 886. The maximum atomic E-state index is 10.9. The maximum absolute atomic E-state index is 10.9. The van der Waals surface area contributed by atoms with Crippen molar-refractivity contribution in [2.45, 2.75) is 18.4 Å². The van der Waals surface area contributed by atoms with E-state index in [1.165, 1.54) is 27.8 Å². The minimum absolute atomic E-state index is 0.257. The summed E-state index contributed by atoms with van der Waals surface area (Å²) in [5.74, 6) is 0.189. The highest BCUT2D eigenvalue weighted by atomic mass is 16.1. The van der Waals surface area contributed by atoms with Gasteiger partial charge in [0.1, 0.15) is 0 Å². The standard InChI is InChI=1S/C23H22N2O/c24-23(26)15-25-22-14-21(22)20-12-10-19(11-13-20)18-8-6-17(7-9-18)16-4-2-1-3-5-16/h1-13,21-22,25H,14-15H2,(H2,24,26). The molecule has 1 aliphatic carbocycles. The van der Waals surface area contributed by atoms with Gasteiger partial charge in [0.25, 0.3) is 0 Å². The highest BCUT2D eigenvalue weighted by molar-refractivity contribution is 5.76. The second-order valence-corrected chi connectivity index (χ2v) is 6.86. The molecule has 0 aromatic heterocycles. The van der Waals surface area contributed by atoms with E-state index < -0.39 is 0 Å². The van der Waals surface area contributed by atoms with Crippen LogP contribution in [0.4, 0.5) is 0 Å². The second kappa shape index (κ2) is 7.14. The summed E-state index contributed by atoms with van der Waals surface area (Å²) in [5, 5.41) is 3.20. The average molecular weight is 342 g/mol. The van der Waals surface area contributed by atoms with Gasteiger partial charge in [-0.3, -0.25) is 4.79 Å². The first-order chi connectivity index (χ1) is 12.7. The van der Waals surface area contributed by atoms with E-state index in [-0.39, 0.29) is 12.5 Å². The third-order valence-corrected chi connectivity index (χ3v) is 4.99. The lowest BCUT2D eigenvalue weighted by Crippen LogP contribution is -2.30. The van der Waals surface area contributed by atoms with E-state index in [0.717, 1.165) is 6.42 Å². The van der Waals surface area contributed by atoms with Crippen molar-refractivity contribution in [3.8, 4) is 22.3 Å². The molecule has 1 aliphatic rings. The van der Waals surface area contributed by atoms with Crippen molar-refractivity contribution in [1.29, 1.82) is 0 Å². The molecule has 1 saturated carbocycles. The van der Waals surface area contributed by atoms with Crippen LogP contribution < -0.4 is 11.1 Å². The molecule has 3 N–H and O–H groups in total. The Balaban J connectivity index is 1.43. The SMILES string of the molecule is NC(=O)CNC1CC1c1ccc(-c2ccc(-c3ccccc3)cc2)cc1. The van der Waals surface area contributed by atoms with Crippen molar-refractivity contribution in [2.75, 3.05) is 6.54 Å². The largest absolute Gasteiger partial charge is 0.369 e. The van der Waals surface area contributed by atoms with Crippen molar-refractivity contribution in [3.63, 3.8) is 0 Å². The van der Waals surface area contributed by atoms with Gasteiger partial charge in [-0.2, -0.15) is 0 Å². The second-order valence-electron chi connectivity index (χ2n) is 6.86. The fourth-order valence-corrected chi connectivity index (χ4v) is 3.43. The summed E-state index contributed by atoms with van der Waals surface area (Å²) in [6.45, 7) is 0.257. The first-order valence-corrected chi connectivity index (χ1v) is 8.98. The summed E-state index contributed by atoms with van der Waals surface area (Å²) in [5.41, 5.74) is 11.4. The molecule has 3 nitrogen and oxygen atoms in total. The number of primary amides is 1. The van der Waals surface area contributed by atoms with Crippen molar-refractivity contribution in [3.05, 3.63) is 84.4 Å². The summed E-state index contributed by atoms with van der Waals surface area (Å²) in [6, 6.07) is 28.2. The summed E-state index contributed by atoms with van der Waals surface area (Å²) in [7, 11) is 0. The predicted octanol–water partition coefficient (Wildman–Crippen LogP) is 3.95. The minimum Gasteiger partial charge on any atom is -0.369 e. The Kier molecular flexibility index (Phi) is 4.55. The molecule has 1 amide bonds. The molecule has 3 heteroatoms. The highest BCUT2D eigenvalue weighted by Crippen LogP contribution is 2.41. The summed E-state index contributed by atoms with van der Waals surface area (Å²) in [4.78, 5) is 10.9. The van der Waals surface area contributed by atoms with Crippen LogP contribution in [0, 0.1) is 0 Å². The number of rotatable bonds is 6. The van der Waals surface area contributed by atoms with Gasteiger partial charge >= 0.3 is 0 Å². The molecule has 3 aromatic rings. The number of benzene rings is 3. The predicted molar refractivity (Wildman–Crippen MR) is 106 cm³/mol. The van der Waals surface area contributed by atoms with Gasteiger partial charge in [0.05, 0.1) is 6.54 Å². The topological polar surface area (TPSA) is 55.1 Å². The van der Waals surface area contributed by atoms with E-state index in [2.05, 4.69) is 78.1 Å². The van der Waals surface area contributed by atoms with Crippen LogP contribution in [-0.4, -0.2) is 18.5 Å². The number of carbonyl (C=O) groups is 1. The molecule has 2 unspecified atom stereocenters. The lowest BCUT2D eigenvalue weighted by atomic mass is 9.99. The van der Waals surface area contributed by atoms with Crippen molar-refractivity contribution in [2.24, 2.45) is 5.73 Å². The van der Waals surface area contributed by atoms with E-state index in [0.29, 0.717) is 12.0 Å². The van der Waals surface area contributed by atoms with Crippen LogP contribution in [-0.2, 0) is 4.79 Å². The molecule has 0 aliphatic heterocycles. The molecule has 0 radical (unpaired) electrons. The maximum Gasteiger partial charge on any atom is 0.231 e. The van der Waals surface area contributed by atoms with Gasteiger partial charge in [-0.05, 0) is 34.2 Å². The minimum atomic E-state index is -0.301. The number of nitrogens with two attached hydrogens (primary N) is 1. The smallest absolute Gasteiger partial charge is 0.231 e. The normalized spacial score (nSPS) is 18.5. The van der Waals surface area contributed by atoms with E-state index in [1.54, 1.807) is 0 Å². The van der Waals surface area contributed by atoms with E-state index in [9.17, 15) is 4.79 Å². The third kappa shape index (κ3) is 3.68. The van der Waals surface area contributed by atoms with Crippen LogP contribution in [0.5, 0.6) is 0 Å². The number of nitrogens with one attached hydrogen (secondary N) is 1. The van der Waals surface area contributed by atoms with Crippen LogP contribution >= 0.6 is 0 Å². The number of carbonyl (C=O) groups excluding carboxylic acids is 1. The zero-order valence-corrected chi connectivity index (χ0v) is 14.6. The summed E-state index contributed by atoms with van der Waals surface area (Å²) in [6.07, 6.45) is 1.07. The van der Waals surface area contributed by atoms with Crippen LogP contribution in [0.15, 0.2) is 78.9 Å². The number of hydrogen-bond acceptors (Lipinski definition) is 2. The highest BCUT2D eigenvalue weighted by Gasteiger charge is 2.37. The van der Waals surface area contributed by atoms with Crippen LogP contribution in [0.2, 0.25) is 0 Å². The number of amides is 1. The van der Waals surface area contributed by atoms with Crippen LogP contribution in [0.3, 0.4) is 0 Å². The zero-order valence-electron chi connectivity index (χ0n) is 14.6. The lowest BCUT2D eigenvalue weighted by Gasteiger charge is -2.07. The molecule has 0 heterocycles. The molecule has 1 fully saturated rings. The molecular formula is C23H22N2O. The van der Waals surface area contributed by atoms with Gasteiger partial charge < -0.3 is 11.1 Å². The quantitative estimate of drug-likeness (QED) is 0.712.